The molecule has 1 aromatic heterocycles. The van der Waals surface area contributed by atoms with E-state index in [1.807, 2.05) is 0 Å². The number of hydrogen-bond acceptors (Lipinski definition) is 3. The molecule has 1 amide bonds. The predicted molar refractivity (Wildman–Crippen MR) is 82.1 cm³/mol. The molecule has 1 heterocycles. The molecule has 0 aliphatic carbocycles. The Bertz CT molecular complexity index is 581. The molecule has 0 unspecified atom stereocenters. The molecule has 0 atom stereocenters. The summed E-state index contributed by atoms with van der Waals surface area (Å²) in [6.45, 7) is 5.45. The molecule has 23 heavy (non-hydrogen) atoms. The Labute approximate surface area is 137 Å². The zero-order valence-corrected chi connectivity index (χ0v) is 13.8. The number of amides is 1. The van der Waals surface area contributed by atoms with Crippen molar-refractivity contribution < 1.29 is 22.7 Å². The summed E-state index contributed by atoms with van der Waals surface area (Å²) >= 11 is 5.62. The monoisotopic (exact) mass is 350 g/mol. The van der Waals surface area contributed by atoms with E-state index in [2.05, 4.69) is 10.3 Å². The Kier molecular flexibility index (Phi) is 6.44. The van der Waals surface area contributed by atoms with Crippen LogP contribution in [0.2, 0.25) is 5.15 Å². The van der Waals surface area contributed by atoms with E-state index in [-0.39, 0.29) is 17.3 Å². The van der Waals surface area contributed by atoms with Crippen molar-refractivity contribution in [2.24, 2.45) is 0 Å². The minimum absolute atomic E-state index is 0.0236. The van der Waals surface area contributed by atoms with Gasteiger partial charge in [0.1, 0.15) is 10.8 Å². The van der Waals surface area contributed by atoms with Crippen molar-refractivity contribution in [2.75, 3.05) is 6.54 Å². The zero-order valence-electron chi connectivity index (χ0n) is 13.0. The first-order valence-corrected chi connectivity index (χ1v) is 7.23. The predicted octanol–water partition coefficient (Wildman–Crippen LogP) is 4.68. The van der Waals surface area contributed by atoms with Crippen LogP contribution in [-0.4, -0.2) is 23.2 Å². The van der Waals surface area contributed by atoms with E-state index in [0.29, 0.717) is 12.6 Å². The van der Waals surface area contributed by atoms with Crippen LogP contribution in [0.3, 0.4) is 0 Å². The van der Waals surface area contributed by atoms with Crippen molar-refractivity contribution in [3.8, 4) is 0 Å². The summed E-state index contributed by atoms with van der Waals surface area (Å²) < 4.78 is 43.5. The van der Waals surface area contributed by atoms with E-state index in [9.17, 15) is 18.0 Å². The minimum atomic E-state index is -4.51. The summed E-state index contributed by atoms with van der Waals surface area (Å²) in [5.74, 6) is 0. The van der Waals surface area contributed by atoms with Gasteiger partial charge in [0.2, 0.25) is 0 Å². The Morgan fingerprint density at radius 3 is 2.61 bits per heavy atom. The standard InChI is InChI=1S/C15H18ClF3N2O2/c1-14(2,3)23-13(22)20-7-5-4-6-10-8-12(16)21-9-11(10)15(17,18)19/h4,6,8-9H,5,7H2,1-3H3,(H,20,22). The van der Waals surface area contributed by atoms with E-state index in [0.717, 1.165) is 6.07 Å². The maximum atomic E-state index is 12.8. The SMILES string of the molecule is CC(C)(C)OC(=O)NCCC=Cc1cc(Cl)ncc1C(F)(F)F. The van der Waals surface area contributed by atoms with Gasteiger partial charge in [0.25, 0.3) is 0 Å². The quantitative estimate of drug-likeness (QED) is 0.633. The number of alkyl carbamates (subject to hydrolysis) is 1. The number of nitrogens with one attached hydrogen (secondary N) is 1. The normalized spacial score (nSPS) is 12.5. The summed E-state index contributed by atoms with van der Waals surface area (Å²) in [7, 11) is 0. The van der Waals surface area contributed by atoms with Crippen molar-refractivity contribution in [2.45, 2.75) is 39.0 Å². The topological polar surface area (TPSA) is 51.2 Å². The lowest BCUT2D eigenvalue weighted by Gasteiger charge is -2.19. The number of pyridine rings is 1. The number of alkyl halides is 3. The molecule has 8 heteroatoms. The van der Waals surface area contributed by atoms with Crippen LogP contribution >= 0.6 is 11.6 Å². The minimum Gasteiger partial charge on any atom is -0.444 e. The maximum absolute atomic E-state index is 12.8. The van der Waals surface area contributed by atoms with Gasteiger partial charge in [-0.25, -0.2) is 9.78 Å². The van der Waals surface area contributed by atoms with Gasteiger partial charge in [0.05, 0.1) is 5.56 Å². The molecule has 0 bridgehead atoms. The summed E-state index contributed by atoms with van der Waals surface area (Å²) in [5.41, 5.74) is -1.54. The van der Waals surface area contributed by atoms with Crippen molar-refractivity contribution in [1.82, 2.24) is 10.3 Å². The van der Waals surface area contributed by atoms with Crippen molar-refractivity contribution in [3.63, 3.8) is 0 Å². The fraction of sp³-hybridized carbons (Fsp3) is 0.467. The van der Waals surface area contributed by atoms with Crippen LogP contribution in [-0.2, 0) is 10.9 Å². The molecular formula is C15H18ClF3N2O2. The zero-order chi connectivity index (χ0) is 17.7. The van der Waals surface area contributed by atoms with Gasteiger partial charge >= 0.3 is 12.3 Å². The molecular weight excluding hydrogens is 333 g/mol. The van der Waals surface area contributed by atoms with Crippen molar-refractivity contribution >= 4 is 23.8 Å². The molecule has 0 aliphatic rings. The lowest BCUT2D eigenvalue weighted by Crippen LogP contribution is -2.32. The summed E-state index contributed by atoms with van der Waals surface area (Å²) in [4.78, 5) is 14.8. The summed E-state index contributed by atoms with van der Waals surface area (Å²) in [6, 6.07) is 1.14. The third-order valence-electron chi connectivity index (χ3n) is 2.48. The Hall–Kier alpha value is -1.76. The van der Waals surface area contributed by atoms with Gasteiger partial charge in [-0.3, -0.25) is 0 Å². The van der Waals surface area contributed by atoms with Gasteiger partial charge in [0.15, 0.2) is 0 Å². The van der Waals surface area contributed by atoms with Gasteiger partial charge in [-0.15, -0.1) is 0 Å². The fourth-order valence-corrected chi connectivity index (χ4v) is 1.77. The molecule has 0 fully saturated rings. The smallest absolute Gasteiger partial charge is 0.418 e. The number of nitrogens with zero attached hydrogens (tertiary/aromatic N) is 1. The lowest BCUT2D eigenvalue weighted by molar-refractivity contribution is -0.138. The third kappa shape index (κ3) is 7.36. The van der Waals surface area contributed by atoms with Crippen LogP contribution in [0.25, 0.3) is 6.08 Å². The molecule has 1 aromatic rings. The van der Waals surface area contributed by atoms with E-state index in [1.165, 1.54) is 12.2 Å². The molecule has 1 rings (SSSR count). The second-order valence-corrected chi connectivity index (χ2v) is 6.10. The molecule has 0 radical (unpaired) electrons. The average Bonchev–Trinajstić information content (AvgIpc) is 2.34. The maximum Gasteiger partial charge on any atom is 0.418 e. The first-order valence-electron chi connectivity index (χ1n) is 6.85. The van der Waals surface area contributed by atoms with Gasteiger partial charge in [-0.2, -0.15) is 13.2 Å². The Morgan fingerprint density at radius 2 is 2.04 bits per heavy atom. The lowest BCUT2D eigenvalue weighted by atomic mass is 10.1. The summed E-state index contributed by atoms with van der Waals surface area (Å²) in [6.07, 6.45) is -1.23. The first kappa shape index (κ1) is 19.3. The van der Waals surface area contributed by atoms with Gasteiger partial charge in [0, 0.05) is 12.7 Å². The van der Waals surface area contributed by atoms with Crippen molar-refractivity contribution in [1.29, 1.82) is 0 Å². The number of aromatic nitrogens is 1. The molecule has 0 saturated heterocycles. The van der Waals surface area contributed by atoms with E-state index in [1.54, 1.807) is 20.8 Å². The molecule has 0 saturated carbocycles. The Morgan fingerprint density at radius 1 is 1.39 bits per heavy atom. The highest BCUT2D eigenvalue weighted by Gasteiger charge is 2.33. The highest BCUT2D eigenvalue weighted by Crippen LogP contribution is 2.33. The fourth-order valence-electron chi connectivity index (χ4n) is 1.60. The third-order valence-corrected chi connectivity index (χ3v) is 2.69. The number of halogens is 4. The molecule has 0 aromatic carbocycles. The van der Waals surface area contributed by atoms with Crippen LogP contribution < -0.4 is 5.32 Å². The molecule has 1 N–H and O–H groups in total. The molecule has 128 valence electrons. The molecule has 0 spiro atoms. The average molecular weight is 351 g/mol. The highest BCUT2D eigenvalue weighted by atomic mass is 35.5. The van der Waals surface area contributed by atoms with Crippen LogP contribution in [0.5, 0.6) is 0 Å². The van der Waals surface area contributed by atoms with Gasteiger partial charge in [-0.05, 0) is 38.8 Å². The number of carbonyl (C=O) groups excluding carboxylic acids is 1. The van der Waals surface area contributed by atoms with E-state index in [4.69, 9.17) is 16.3 Å². The van der Waals surface area contributed by atoms with Crippen LogP contribution in [0, 0.1) is 0 Å². The largest absolute Gasteiger partial charge is 0.444 e. The number of ether oxygens (including phenoxy) is 1. The van der Waals surface area contributed by atoms with Crippen LogP contribution in [0.1, 0.15) is 38.3 Å². The second-order valence-electron chi connectivity index (χ2n) is 5.71. The summed E-state index contributed by atoms with van der Waals surface area (Å²) in [5, 5.41) is 2.49. The number of carbonyl (C=O) groups is 1. The highest BCUT2D eigenvalue weighted by molar-refractivity contribution is 6.29. The second kappa shape index (κ2) is 7.68. The van der Waals surface area contributed by atoms with Gasteiger partial charge in [-0.1, -0.05) is 23.8 Å². The van der Waals surface area contributed by atoms with Crippen molar-refractivity contribution in [3.05, 3.63) is 34.6 Å². The van der Waals surface area contributed by atoms with Crippen LogP contribution in [0.4, 0.5) is 18.0 Å². The number of hydrogen-bond donors (Lipinski definition) is 1. The Balaban J connectivity index is 2.59. The van der Waals surface area contributed by atoms with E-state index < -0.39 is 23.4 Å². The molecule has 0 aliphatic heterocycles. The number of rotatable bonds is 4. The van der Waals surface area contributed by atoms with E-state index >= 15 is 0 Å². The molecule has 4 nitrogen and oxygen atoms in total. The first-order chi connectivity index (χ1) is 10.5. The van der Waals surface area contributed by atoms with Crippen LogP contribution in [0.15, 0.2) is 18.3 Å². The van der Waals surface area contributed by atoms with Gasteiger partial charge < -0.3 is 10.1 Å².